The van der Waals surface area contributed by atoms with Gasteiger partial charge in [-0.2, -0.15) is 4.98 Å². The highest BCUT2D eigenvalue weighted by atomic mass is 32.2. The van der Waals surface area contributed by atoms with Gasteiger partial charge in [0.25, 0.3) is 0 Å². The Morgan fingerprint density at radius 3 is 2.92 bits per heavy atom. The lowest BCUT2D eigenvalue weighted by Crippen LogP contribution is -2.11. The molecule has 3 rings (SSSR count). The van der Waals surface area contributed by atoms with Crippen molar-refractivity contribution < 1.29 is 14.4 Å². The van der Waals surface area contributed by atoms with Crippen molar-refractivity contribution in [2.45, 2.75) is 30.9 Å². The number of benzene rings is 1. The Bertz CT molecular complexity index is 804. The van der Waals surface area contributed by atoms with E-state index in [1.54, 1.807) is 6.20 Å². The molecular formula is C18H21N3O3S. The van der Waals surface area contributed by atoms with Crippen LogP contribution in [0.1, 0.15) is 23.2 Å². The topological polar surface area (TPSA) is 94.1 Å². The van der Waals surface area contributed by atoms with Gasteiger partial charge in [-0.3, -0.25) is 9.97 Å². The number of rotatable bonds is 8. The van der Waals surface area contributed by atoms with Gasteiger partial charge in [-0.25, -0.2) is 0 Å². The minimum Gasteiger partial charge on any atom is -0.609 e. The van der Waals surface area contributed by atoms with Gasteiger partial charge in [0, 0.05) is 30.6 Å². The number of fused-ring (bicyclic) bond motifs is 1. The highest BCUT2D eigenvalue weighted by Crippen LogP contribution is 2.20. The third kappa shape index (κ3) is 4.38. The number of ether oxygens (including phenoxy) is 1. The van der Waals surface area contributed by atoms with E-state index in [-0.39, 0.29) is 6.61 Å². The maximum Gasteiger partial charge on any atom is 0.322 e. The summed E-state index contributed by atoms with van der Waals surface area (Å²) in [6.45, 7) is 3.05. The fourth-order valence-electron chi connectivity index (χ4n) is 2.50. The second-order valence-electron chi connectivity index (χ2n) is 5.72. The molecule has 0 saturated heterocycles. The highest BCUT2D eigenvalue weighted by Gasteiger charge is 2.19. The smallest absolute Gasteiger partial charge is 0.322 e. The molecule has 25 heavy (non-hydrogen) atoms. The van der Waals surface area contributed by atoms with Crippen LogP contribution in [0.15, 0.2) is 41.7 Å². The number of aromatic nitrogens is 3. The van der Waals surface area contributed by atoms with Crippen LogP contribution in [0, 0.1) is 6.92 Å². The molecule has 6 nitrogen and oxygen atoms in total. The van der Waals surface area contributed by atoms with Crippen molar-refractivity contribution in [3.8, 4) is 0 Å². The van der Waals surface area contributed by atoms with Gasteiger partial charge >= 0.3 is 5.16 Å². The first-order valence-corrected chi connectivity index (χ1v) is 9.46. The molecule has 0 saturated carbocycles. The average Bonchev–Trinajstić information content (AvgIpc) is 3.06. The summed E-state index contributed by atoms with van der Waals surface area (Å²) in [6, 6.07) is 9.53. The van der Waals surface area contributed by atoms with Crippen molar-refractivity contribution in [2.75, 3.05) is 13.2 Å². The lowest BCUT2D eigenvalue weighted by Gasteiger charge is -2.12. The number of para-hydroxylation sites is 2. The van der Waals surface area contributed by atoms with Crippen molar-refractivity contribution in [3.05, 3.63) is 53.3 Å². The first kappa shape index (κ1) is 17.9. The molecule has 0 fully saturated rings. The van der Waals surface area contributed by atoms with E-state index in [0.29, 0.717) is 30.5 Å². The predicted octanol–water partition coefficient (Wildman–Crippen LogP) is 2.47. The minimum atomic E-state index is -1.30. The van der Waals surface area contributed by atoms with Crippen molar-refractivity contribution >= 4 is 22.2 Å². The fourth-order valence-corrected chi connectivity index (χ4v) is 3.60. The molecule has 1 unspecified atom stereocenters. The second-order valence-corrected chi connectivity index (χ2v) is 7.09. The van der Waals surface area contributed by atoms with Gasteiger partial charge in [0.15, 0.2) is 5.75 Å². The van der Waals surface area contributed by atoms with Gasteiger partial charge in [-0.05, 0) is 42.7 Å². The van der Waals surface area contributed by atoms with Crippen molar-refractivity contribution in [1.29, 1.82) is 0 Å². The minimum absolute atomic E-state index is 0.122. The van der Waals surface area contributed by atoms with Crippen LogP contribution in [0.2, 0.25) is 0 Å². The van der Waals surface area contributed by atoms with Crippen LogP contribution >= 0.6 is 0 Å². The quantitative estimate of drug-likeness (QED) is 0.476. The molecule has 3 aromatic rings. The molecule has 0 aliphatic heterocycles. The third-order valence-electron chi connectivity index (χ3n) is 3.98. The van der Waals surface area contributed by atoms with Crippen molar-refractivity contribution in [1.82, 2.24) is 15.0 Å². The zero-order chi connectivity index (χ0) is 17.6. The molecule has 1 aromatic carbocycles. The summed E-state index contributed by atoms with van der Waals surface area (Å²) in [4.78, 5) is 11.9. The molecule has 0 bridgehead atoms. The third-order valence-corrected chi connectivity index (χ3v) is 5.14. The van der Waals surface area contributed by atoms with Gasteiger partial charge in [-0.15, -0.1) is 0 Å². The van der Waals surface area contributed by atoms with Crippen LogP contribution in [0.5, 0.6) is 0 Å². The summed E-state index contributed by atoms with van der Waals surface area (Å²) in [5.41, 5.74) is 4.46. The van der Waals surface area contributed by atoms with Crippen molar-refractivity contribution in [2.24, 2.45) is 0 Å². The summed E-state index contributed by atoms with van der Waals surface area (Å²) in [5, 5.41) is 9.25. The van der Waals surface area contributed by atoms with Crippen LogP contribution in [0.4, 0.5) is 0 Å². The lowest BCUT2D eigenvalue weighted by molar-refractivity contribution is 0.104. The molecule has 0 spiro atoms. The molecule has 132 valence electrons. The number of nitrogens with one attached hydrogen (secondary N) is 1. The molecular weight excluding hydrogens is 338 g/mol. The maximum absolute atomic E-state index is 12.7. The van der Waals surface area contributed by atoms with Gasteiger partial charge in [0.1, 0.15) is 0 Å². The summed E-state index contributed by atoms with van der Waals surface area (Å²) in [5.74, 6) is 0.302. The van der Waals surface area contributed by atoms with Gasteiger partial charge < -0.3 is 14.4 Å². The molecule has 7 heteroatoms. The maximum atomic E-state index is 12.7. The number of H-pyrrole nitrogens is 1. The van der Waals surface area contributed by atoms with Crippen LogP contribution in [0.3, 0.4) is 0 Å². The van der Waals surface area contributed by atoms with E-state index < -0.39 is 11.2 Å². The van der Waals surface area contributed by atoms with E-state index in [4.69, 9.17) is 9.84 Å². The van der Waals surface area contributed by atoms with E-state index in [1.807, 2.05) is 37.3 Å². The van der Waals surface area contributed by atoms with Gasteiger partial charge in [0.05, 0.1) is 23.3 Å². The van der Waals surface area contributed by atoms with E-state index in [0.717, 1.165) is 27.9 Å². The molecule has 2 heterocycles. The molecule has 0 aliphatic carbocycles. The second kappa shape index (κ2) is 8.44. The van der Waals surface area contributed by atoms with Crippen LogP contribution in [-0.4, -0.2) is 37.8 Å². The molecule has 0 amide bonds. The Morgan fingerprint density at radius 1 is 1.28 bits per heavy atom. The Labute approximate surface area is 149 Å². The number of pyridine rings is 1. The molecule has 2 N–H and O–H groups in total. The molecule has 1 atom stereocenters. The molecule has 2 aromatic heterocycles. The lowest BCUT2D eigenvalue weighted by atomic mass is 10.1. The Hall–Kier alpha value is -1.93. The zero-order valence-electron chi connectivity index (χ0n) is 14.1. The normalized spacial score (nSPS) is 12.6. The summed E-state index contributed by atoms with van der Waals surface area (Å²) in [6.07, 6.45) is 2.33. The number of imidazole rings is 1. The van der Waals surface area contributed by atoms with E-state index in [9.17, 15) is 4.55 Å². The number of hydrogen-bond acceptors (Lipinski definition) is 5. The number of hydrogen-bond donors (Lipinski definition) is 2. The largest absolute Gasteiger partial charge is 0.609 e. The van der Waals surface area contributed by atoms with Crippen LogP contribution in [-0.2, 0) is 28.3 Å². The highest BCUT2D eigenvalue weighted by molar-refractivity contribution is 7.90. The Kier molecular flexibility index (Phi) is 6.04. The molecule has 0 aliphatic rings. The van der Waals surface area contributed by atoms with Crippen LogP contribution < -0.4 is 0 Å². The van der Waals surface area contributed by atoms with Gasteiger partial charge in [0.2, 0.25) is 0 Å². The SMILES string of the molecule is Cc1c(COCCCO)ccnc1C[S+]([O-])c1nc2ccccc2[nH]1. The zero-order valence-corrected chi connectivity index (χ0v) is 14.9. The average molecular weight is 359 g/mol. The predicted molar refractivity (Wildman–Crippen MR) is 96.5 cm³/mol. The molecule has 0 radical (unpaired) electrons. The van der Waals surface area contributed by atoms with Crippen molar-refractivity contribution in [3.63, 3.8) is 0 Å². The van der Waals surface area contributed by atoms with Crippen LogP contribution in [0.25, 0.3) is 11.0 Å². The first-order valence-electron chi connectivity index (χ1n) is 8.14. The number of aliphatic hydroxyl groups excluding tert-OH is 1. The van der Waals surface area contributed by atoms with E-state index in [1.165, 1.54) is 0 Å². The number of aromatic amines is 1. The number of aliphatic hydroxyl groups is 1. The summed E-state index contributed by atoms with van der Waals surface area (Å²) in [7, 11) is 0. The Morgan fingerprint density at radius 2 is 2.12 bits per heavy atom. The number of nitrogens with zero attached hydrogens (tertiary/aromatic N) is 2. The summed E-state index contributed by atoms with van der Waals surface area (Å²) < 4.78 is 18.2. The monoisotopic (exact) mass is 359 g/mol. The summed E-state index contributed by atoms with van der Waals surface area (Å²) >= 11 is -1.30. The first-order chi connectivity index (χ1) is 12.2. The van der Waals surface area contributed by atoms with Gasteiger partial charge in [-0.1, -0.05) is 12.1 Å². The van der Waals surface area contributed by atoms with E-state index >= 15 is 0 Å². The fraction of sp³-hybridized carbons (Fsp3) is 0.333. The Balaban J connectivity index is 1.71. The van der Waals surface area contributed by atoms with E-state index in [2.05, 4.69) is 15.0 Å². The standard InChI is InChI=1S/C18H21N3O3S/c1-13-14(11-24-10-4-9-22)7-8-19-17(13)12-25(23)18-20-15-5-2-3-6-16(15)21-18/h2-3,5-8,22H,4,9-12H2,1H3,(H,20,21).